The molecule has 0 saturated heterocycles. The Bertz CT molecular complexity index is 351. The molecule has 0 saturated carbocycles. The second-order valence-corrected chi connectivity index (χ2v) is 4.82. The van der Waals surface area contributed by atoms with Crippen molar-refractivity contribution in [2.75, 3.05) is 13.7 Å². The van der Waals surface area contributed by atoms with Gasteiger partial charge in [-0.15, -0.1) is 0 Å². The van der Waals surface area contributed by atoms with Gasteiger partial charge in [0.25, 0.3) is 0 Å². The minimum atomic E-state index is -0.150. The van der Waals surface area contributed by atoms with Gasteiger partial charge < -0.3 is 10.1 Å². The lowest BCUT2D eigenvalue weighted by atomic mass is 10.1. The molecule has 1 rings (SSSR count). The largest absolute Gasteiger partial charge is 0.469 e. The van der Waals surface area contributed by atoms with E-state index in [0.29, 0.717) is 12.5 Å². The fraction of sp³-hybridized carbons (Fsp3) is 0.462. The van der Waals surface area contributed by atoms with E-state index in [1.165, 1.54) is 12.7 Å². The molecule has 1 aromatic carbocycles. The molecule has 1 aromatic rings. The second-order valence-electron chi connectivity index (χ2n) is 3.91. The highest BCUT2D eigenvalue weighted by atomic mass is 79.9. The second kappa shape index (κ2) is 7.45. The van der Waals surface area contributed by atoms with E-state index in [1.807, 2.05) is 12.1 Å². The Morgan fingerprint density at radius 3 is 2.65 bits per heavy atom. The first-order valence-electron chi connectivity index (χ1n) is 5.69. The molecule has 0 fully saturated rings. The van der Waals surface area contributed by atoms with E-state index in [0.717, 1.165) is 17.4 Å². The van der Waals surface area contributed by atoms with Crippen LogP contribution in [0.2, 0.25) is 0 Å². The summed E-state index contributed by atoms with van der Waals surface area (Å²) in [4.78, 5) is 10.9. The average Bonchev–Trinajstić information content (AvgIpc) is 2.34. The van der Waals surface area contributed by atoms with Gasteiger partial charge in [-0.1, -0.05) is 28.1 Å². The summed E-state index contributed by atoms with van der Waals surface area (Å²) in [5, 5.41) is 3.37. The minimum absolute atomic E-state index is 0.150. The summed E-state index contributed by atoms with van der Waals surface area (Å²) < 4.78 is 5.67. The van der Waals surface area contributed by atoms with E-state index in [-0.39, 0.29) is 5.97 Å². The smallest absolute Gasteiger partial charge is 0.305 e. The highest BCUT2D eigenvalue weighted by Crippen LogP contribution is 2.16. The Hall–Kier alpha value is -0.870. The van der Waals surface area contributed by atoms with Crippen LogP contribution in [0.15, 0.2) is 28.7 Å². The van der Waals surface area contributed by atoms with Crippen LogP contribution in [0.5, 0.6) is 0 Å². The van der Waals surface area contributed by atoms with Crippen molar-refractivity contribution in [3.05, 3.63) is 34.3 Å². The Morgan fingerprint density at radius 1 is 1.41 bits per heavy atom. The van der Waals surface area contributed by atoms with Crippen LogP contribution in [-0.4, -0.2) is 19.6 Å². The zero-order valence-corrected chi connectivity index (χ0v) is 11.8. The SMILES string of the molecule is COC(=O)CCCN[C@@H](C)c1ccc(Br)cc1. The molecule has 94 valence electrons. The van der Waals surface area contributed by atoms with Gasteiger partial charge in [0.2, 0.25) is 0 Å². The van der Waals surface area contributed by atoms with Gasteiger partial charge in [0.15, 0.2) is 0 Å². The van der Waals surface area contributed by atoms with Crippen LogP contribution in [0, 0.1) is 0 Å². The third-order valence-electron chi connectivity index (χ3n) is 2.61. The Balaban J connectivity index is 2.27. The number of esters is 1. The fourth-order valence-corrected chi connectivity index (χ4v) is 1.79. The number of carbonyl (C=O) groups is 1. The highest BCUT2D eigenvalue weighted by Gasteiger charge is 2.05. The Kier molecular flexibility index (Phi) is 6.22. The molecule has 0 unspecified atom stereocenters. The molecule has 0 heterocycles. The molecule has 0 aliphatic rings. The zero-order chi connectivity index (χ0) is 12.7. The quantitative estimate of drug-likeness (QED) is 0.648. The van der Waals surface area contributed by atoms with E-state index >= 15 is 0 Å². The summed E-state index contributed by atoms with van der Waals surface area (Å²) in [6, 6.07) is 8.52. The molecule has 0 aliphatic carbocycles. The first kappa shape index (κ1) is 14.2. The maximum absolute atomic E-state index is 10.9. The van der Waals surface area contributed by atoms with Gasteiger partial charge in [-0.2, -0.15) is 0 Å². The van der Waals surface area contributed by atoms with E-state index in [4.69, 9.17) is 0 Å². The molecule has 0 spiro atoms. The lowest BCUT2D eigenvalue weighted by molar-refractivity contribution is -0.140. The molecule has 1 N–H and O–H groups in total. The number of carbonyl (C=O) groups excluding carboxylic acids is 1. The average molecular weight is 300 g/mol. The summed E-state index contributed by atoms with van der Waals surface area (Å²) >= 11 is 3.41. The third-order valence-corrected chi connectivity index (χ3v) is 3.13. The van der Waals surface area contributed by atoms with E-state index in [9.17, 15) is 4.79 Å². The highest BCUT2D eigenvalue weighted by molar-refractivity contribution is 9.10. The van der Waals surface area contributed by atoms with Crippen molar-refractivity contribution in [3.63, 3.8) is 0 Å². The molecular weight excluding hydrogens is 282 g/mol. The summed E-state index contributed by atoms with van der Waals surface area (Å²) in [7, 11) is 1.42. The van der Waals surface area contributed by atoms with Gasteiger partial charge in [0.1, 0.15) is 0 Å². The monoisotopic (exact) mass is 299 g/mol. The standard InChI is InChI=1S/C13H18BrNO2/c1-10(11-5-7-12(14)8-6-11)15-9-3-4-13(16)17-2/h5-8,10,15H,3-4,9H2,1-2H3/t10-/m0/s1. The van der Waals surface area contributed by atoms with Crippen molar-refractivity contribution in [1.82, 2.24) is 5.32 Å². The van der Waals surface area contributed by atoms with Crippen LogP contribution in [0.4, 0.5) is 0 Å². The van der Waals surface area contributed by atoms with Gasteiger partial charge >= 0.3 is 5.97 Å². The maximum Gasteiger partial charge on any atom is 0.305 e. The molecule has 0 bridgehead atoms. The summed E-state index contributed by atoms with van der Waals surface area (Å²) in [5.41, 5.74) is 1.24. The van der Waals surface area contributed by atoms with Crippen molar-refractivity contribution in [2.45, 2.75) is 25.8 Å². The fourth-order valence-electron chi connectivity index (χ4n) is 1.52. The zero-order valence-electron chi connectivity index (χ0n) is 10.2. The maximum atomic E-state index is 10.9. The molecular formula is C13H18BrNO2. The minimum Gasteiger partial charge on any atom is -0.469 e. The molecule has 17 heavy (non-hydrogen) atoms. The van der Waals surface area contributed by atoms with Gasteiger partial charge in [-0.3, -0.25) is 4.79 Å². The van der Waals surface area contributed by atoms with Crippen molar-refractivity contribution in [3.8, 4) is 0 Å². The predicted molar refractivity (Wildman–Crippen MR) is 71.8 cm³/mol. The first-order valence-corrected chi connectivity index (χ1v) is 6.48. The van der Waals surface area contributed by atoms with Crippen LogP contribution in [0.3, 0.4) is 0 Å². The number of hydrogen-bond donors (Lipinski definition) is 1. The van der Waals surface area contributed by atoms with Crippen molar-refractivity contribution >= 4 is 21.9 Å². The van der Waals surface area contributed by atoms with Crippen LogP contribution < -0.4 is 5.32 Å². The summed E-state index contributed by atoms with van der Waals surface area (Å²) in [5.74, 6) is -0.150. The summed E-state index contributed by atoms with van der Waals surface area (Å²) in [6.07, 6.45) is 1.27. The number of ether oxygens (including phenoxy) is 1. The van der Waals surface area contributed by atoms with Crippen molar-refractivity contribution in [1.29, 1.82) is 0 Å². The Morgan fingerprint density at radius 2 is 2.06 bits per heavy atom. The molecule has 3 nitrogen and oxygen atoms in total. The number of methoxy groups -OCH3 is 1. The van der Waals surface area contributed by atoms with Gasteiger partial charge in [0.05, 0.1) is 7.11 Å². The summed E-state index contributed by atoms with van der Waals surface area (Å²) in [6.45, 7) is 2.92. The number of benzene rings is 1. The van der Waals surface area contributed by atoms with Crippen LogP contribution in [-0.2, 0) is 9.53 Å². The molecule has 0 radical (unpaired) electrons. The number of nitrogens with one attached hydrogen (secondary N) is 1. The van der Waals surface area contributed by atoms with E-state index < -0.39 is 0 Å². The lowest BCUT2D eigenvalue weighted by Gasteiger charge is -2.14. The lowest BCUT2D eigenvalue weighted by Crippen LogP contribution is -2.20. The van der Waals surface area contributed by atoms with Crippen LogP contribution in [0.25, 0.3) is 0 Å². The molecule has 0 aliphatic heterocycles. The molecule has 4 heteroatoms. The predicted octanol–water partition coefficient (Wildman–Crippen LogP) is 3.05. The number of hydrogen-bond acceptors (Lipinski definition) is 3. The Labute approximate surface area is 111 Å². The van der Waals surface area contributed by atoms with Crippen molar-refractivity contribution < 1.29 is 9.53 Å². The van der Waals surface area contributed by atoms with Gasteiger partial charge in [0, 0.05) is 16.9 Å². The third kappa shape index (κ3) is 5.33. The van der Waals surface area contributed by atoms with Crippen LogP contribution in [0.1, 0.15) is 31.4 Å². The van der Waals surface area contributed by atoms with Crippen LogP contribution >= 0.6 is 15.9 Å². The van der Waals surface area contributed by atoms with Gasteiger partial charge in [-0.05, 0) is 37.6 Å². The molecule has 1 atom stereocenters. The van der Waals surface area contributed by atoms with E-state index in [2.05, 4.69) is 45.0 Å². The topological polar surface area (TPSA) is 38.3 Å². The molecule has 0 aromatic heterocycles. The van der Waals surface area contributed by atoms with E-state index in [1.54, 1.807) is 0 Å². The number of rotatable bonds is 6. The normalized spacial score (nSPS) is 12.2. The first-order chi connectivity index (χ1) is 8.13. The molecule has 0 amide bonds. The van der Waals surface area contributed by atoms with Crippen molar-refractivity contribution in [2.24, 2.45) is 0 Å². The van der Waals surface area contributed by atoms with Gasteiger partial charge in [-0.25, -0.2) is 0 Å². The number of halogens is 1.